The molecule has 1 N–H and O–H groups in total. The smallest absolute Gasteiger partial charge is 0.416 e. The van der Waals surface area contributed by atoms with Crippen molar-refractivity contribution in [3.63, 3.8) is 0 Å². The molecule has 0 spiro atoms. The van der Waals surface area contributed by atoms with Gasteiger partial charge < -0.3 is 10.1 Å². The van der Waals surface area contributed by atoms with Gasteiger partial charge in [0.2, 0.25) is 0 Å². The number of alkyl halides is 3. The van der Waals surface area contributed by atoms with E-state index in [0.29, 0.717) is 0 Å². The average Bonchev–Trinajstić information content (AvgIpc) is 2.54. The number of carbonyl (C=O) groups excluding carboxylic acids is 1. The van der Waals surface area contributed by atoms with Crippen LogP contribution in [0.15, 0.2) is 42.5 Å². The highest BCUT2D eigenvalue weighted by molar-refractivity contribution is 5.96. The Kier molecular flexibility index (Phi) is 5.43. The zero-order valence-electron chi connectivity index (χ0n) is 12.8. The van der Waals surface area contributed by atoms with Crippen LogP contribution >= 0.6 is 0 Å². The van der Waals surface area contributed by atoms with Gasteiger partial charge in [-0.05, 0) is 36.2 Å². The number of benzene rings is 2. The average molecular weight is 341 g/mol. The molecule has 2 aromatic rings. The number of halogens is 4. The fraction of sp³-hybridized carbons (Fsp3) is 0.235. The topological polar surface area (TPSA) is 38.3 Å². The largest absolute Gasteiger partial charge is 0.496 e. The lowest BCUT2D eigenvalue weighted by atomic mass is 10.0. The molecule has 0 saturated carbocycles. The highest BCUT2D eigenvalue weighted by Gasteiger charge is 2.32. The molecule has 0 heterocycles. The van der Waals surface area contributed by atoms with Crippen LogP contribution in [0.25, 0.3) is 0 Å². The van der Waals surface area contributed by atoms with Gasteiger partial charge in [0.05, 0.1) is 18.2 Å². The summed E-state index contributed by atoms with van der Waals surface area (Å²) in [5.41, 5.74) is -0.666. The zero-order chi connectivity index (χ0) is 17.7. The van der Waals surface area contributed by atoms with E-state index in [1.54, 1.807) is 0 Å². The minimum atomic E-state index is -4.45. The first kappa shape index (κ1) is 17.8. The summed E-state index contributed by atoms with van der Waals surface area (Å²) in [6.07, 6.45) is -4.45. The Morgan fingerprint density at radius 1 is 1.17 bits per heavy atom. The van der Waals surface area contributed by atoms with Crippen molar-refractivity contribution in [1.82, 2.24) is 5.32 Å². The zero-order valence-corrected chi connectivity index (χ0v) is 12.8. The predicted octanol–water partition coefficient (Wildman–Crippen LogP) is 3.83. The van der Waals surface area contributed by atoms with Crippen LogP contribution in [0.3, 0.4) is 0 Å². The molecule has 128 valence electrons. The van der Waals surface area contributed by atoms with Crippen molar-refractivity contribution in [3.05, 3.63) is 65.0 Å². The van der Waals surface area contributed by atoms with E-state index in [-0.39, 0.29) is 29.8 Å². The predicted molar refractivity (Wildman–Crippen MR) is 80.4 cm³/mol. The van der Waals surface area contributed by atoms with Gasteiger partial charge >= 0.3 is 6.18 Å². The van der Waals surface area contributed by atoms with E-state index < -0.39 is 23.5 Å². The first-order valence-electron chi connectivity index (χ1n) is 7.09. The molecule has 0 fully saturated rings. The van der Waals surface area contributed by atoms with Crippen molar-refractivity contribution >= 4 is 5.91 Å². The van der Waals surface area contributed by atoms with Crippen LogP contribution in [-0.2, 0) is 12.6 Å². The fourth-order valence-corrected chi connectivity index (χ4v) is 2.28. The second-order valence-electron chi connectivity index (χ2n) is 5.01. The van der Waals surface area contributed by atoms with E-state index in [9.17, 15) is 22.4 Å². The lowest BCUT2D eigenvalue weighted by Crippen LogP contribution is -2.27. The Balaban J connectivity index is 2.06. The highest BCUT2D eigenvalue weighted by atomic mass is 19.4. The van der Waals surface area contributed by atoms with Gasteiger partial charge in [-0.1, -0.05) is 18.2 Å². The van der Waals surface area contributed by atoms with E-state index in [1.807, 2.05) is 0 Å². The lowest BCUT2D eigenvalue weighted by Gasteiger charge is -2.13. The molecule has 0 aliphatic carbocycles. The third-order valence-electron chi connectivity index (χ3n) is 3.41. The van der Waals surface area contributed by atoms with Gasteiger partial charge in [-0.3, -0.25) is 4.79 Å². The summed E-state index contributed by atoms with van der Waals surface area (Å²) >= 11 is 0. The summed E-state index contributed by atoms with van der Waals surface area (Å²) in [6, 6.07) is 8.63. The first-order valence-corrected chi connectivity index (χ1v) is 7.09. The van der Waals surface area contributed by atoms with Crippen molar-refractivity contribution in [2.75, 3.05) is 13.7 Å². The van der Waals surface area contributed by atoms with Crippen LogP contribution in [0.2, 0.25) is 0 Å². The summed E-state index contributed by atoms with van der Waals surface area (Å²) in [5, 5.41) is 2.48. The molecule has 2 rings (SSSR count). The molecular weight excluding hydrogens is 326 g/mol. The number of hydrogen-bond donors (Lipinski definition) is 1. The maximum atomic E-state index is 13.3. The SMILES string of the molecule is COc1ccc(F)cc1C(=O)NCCc1ccccc1C(F)(F)F. The van der Waals surface area contributed by atoms with Gasteiger partial charge in [-0.25, -0.2) is 4.39 Å². The van der Waals surface area contributed by atoms with Gasteiger partial charge in [0, 0.05) is 6.54 Å². The quantitative estimate of drug-likeness (QED) is 0.840. The van der Waals surface area contributed by atoms with Crippen molar-refractivity contribution in [2.45, 2.75) is 12.6 Å². The second-order valence-corrected chi connectivity index (χ2v) is 5.01. The van der Waals surface area contributed by atoms with Crippen molar-refractivity contribution in [1.29, 1.82) is 0 Å². The van der Waals surface area contributed by atoms with Crippen molar-refractivity contribution in [2.24, 2.45) is 0 Å². The number of ether oxygens (including phenoxy) is 1. The van der Waals surface area contributed by atoms with Crippen LogP contribution < -0.4 is 10.1 Å². The monoisotopic (exact) mass is 341 g/mol. The number of methoxy groups -OCH3 is 1. The van der Waals surface area contributed by atoms with Crippen LogP contribution in [0, 0.1) is 5.82 Å². The lowest BCUT2D eigenvalue weighted by molar-refractivity contribution is -0.138. The van der Waals surface area contributed by atoms with Gasteiger partial charge in [-0.2, -0.15) is 13.2 Å². The maximum Gasteiger partial charge on any atom is 0.416 e. The molecule has 2 aromatic carbocycles. The second kappa shape index (κ2) is 7.33. The maximum absolute atomic E-state index is 13.3. The molecule has 0 atom stereocenters. The molecule has 0 aliphatic rings. The van der Waals surface area contributed by atoms with Gasteiger partial charge in [0.1, 0.15) is 11.6 Å². The Labute approximate surface area is 136 Å². The molecule has 1 amide bonds. The van der Waals surface area contributed by atoms with Crippen LogP contribution in [-0.4, -0.2) is 19.6 Å². The number of hydrogen-bond acceptors (Lipinski definition) is 2. The van der Waals surface area contributed by atoms with Gasteiger partial charge in [-0.15, -0.1) is 0 Å². The molecule has 0 bridgehead atoms. The molecule has 3 nitrogen and oxygen atoms in total. The minimum Gasteiger partial charge on any atom is -0.496 e. The Bertz CT molecular complexity index is 729. The minimum absolute atomic E-state index is 0.000938. The summed E-state index contributed by atoms with van der Waals surface area (Å²) in [4.78, 5) is 12.1. The van der Waals surface area contributed by atoms with Crippen LogP contribution in [0.4, 0.5) is 17.6 Å². The van der Waals surface area contributed by atoms with Crippen LogP contribution in [0.1, 0.15) is 21.5 Å². The molecule has 0 aliphatic heterocycles. The number of carbonyl (C=O) groups is 1. The van der Waals surface area contributed by atoms with Crippen LogP contribution in [0.5, 0.6) is 5.75 Å². The first-order chi connectivity index (χ1) is 11.3. The Hall–Kier alpha value is -2.57. The molecule has 0 unspecified atom stereocenters. The van der Waals surface area contributed by atoms with Crippen molar-refractivity contribution < 1.29 is 27.1 Å². The summed E-state index contributed by atoms with van der Waals surface area (Å²) in [6.45, 7) is -0.0222. The van der Waals surface area contributed by atoms with Crippen molar-refractivity contribution in [3.8, 4) is 5.75 Å². The third kappa shape index (κ3) is 4.24. The molecule has 24 heavy (non-hydrogen) atoms. The van der Waals surface area contributed by atoms with E-state index in [0.717, 1.165) is 18.2 Å². The molecule has 0 saturated heterocycles. The summed E-state index contributed by atoms with van der Waals surface area (Å²) < 4.78 is 56.9. The van der Waals surface area contributed by atoms with Gasteiger partial charge in [0.25, 0.3) is 5.91 Å². The van der Waals surface area contributed by atoms with Gasteiger partial charge in [0.15, 0.2) is 0 Å². The van der Waals surface area contributed by atoms with E-state index in [4.69, 9.17) is 4.74 Å². The van der Waals surface area contributed by atoms with E-state index in [2.05, 4.69) is 5.32 Å². The van der Waals surface area contributed by atoms with E-state index in [1.165, 1.54) is 31.4 Å². The fourth-order valence-electron chi connectivity index (χ4n) is 2.28. The third-order valence-corrected chi connectivity index (χ3v) is 3.41. The summed E-state index contributed by atoms with van der Waals surface area (Å²) in [5.74, 6) is -1.04. The number of amides is 1. The normalized spacial score (nSPS) is 11.2. The molecular formula is C17H15F4NO2. The highest BCUT2D eigenvalue weighted by Crippen LogP contribution is 2.31. The standard InChI is InChI=1S/C17H15F4NO2/c1-24-15-7-6-12(18)10-13(15)16(23)22-9-8-11-4-2-3-5-14(11)17(19,20)21/h2-7,10H,8-9H2,1H3,(H,22,23). The Morgan fingerprint density at radius 3 is 2.54 bits per heavy atom. The molecule has 0 aromatic heterocycles. The molecule has 0 radical (unpaired) electrons. The summed E-state index contributed by atoms with van der Waals surface area (Å²) in [7, 11) is 1.34. The Morgan fingerprint density at radius 2 is 1.88 bits per heavy atom. The van der Waals surface area contributed by atoms with E-state index >= 15 is 0 Å². The molecule has 7 heteroatoms. The number of rotatable bonds is 5. The number of nitrogens with one attached hydrogen (secondary N) is 1.